The van der Waals surface area contributed by atoms with Crippen LogP contribution in [0, 0.1) is 0 Å². The summed E-state index contributed by atoms with van der Waals surface area (Å²) in [5, 5.41) is 1.02. The van der Waals surface area contributed by atoms with Crippen molar-refractivity contribution in [3.63, 3.8) is 0 Å². The summed E-state index contributed by atoms with van der Waals surface area (Å²) in [6.07, 6.45) is -2.17. The van der Waals surface area contributed by atoms with E-state index in [1.165, 1.54) is 19.3 Å². The Morgan fingerprint density at radius 2 is 1.05 bits per heavy atom. The predicted octanol–water partition coefficient (Wildman–Crippen LogP) is 6.06. The zero-order chi connectivity index (χ0) is 15.5. The molecule has 0 radical (unpaired) electrons. The van der Waals surface area contributed by atoms with Crippen LogP contribution >= 0.6 is 15.9 Å². The average Bonchev–Trinajstić information content (AvgIpc) is 2.34. The van der Waals surface area contributed by atoms with Gasteiger partial charge in [-0.2, -0.15) is 22.0 Å². The van der Waals surface area contributed by atoms with Gasteiger partial charge in [-0.05, 0) is 12.8 Å². The Morgan fingerprint density at radius 1 is 0.650 bits per heavy atom. The molecule has 0 aliphatic heterocycles. The van der Waals surface area contributed by atoms with E-state index in [9.17, 15) is 22.0 Å². The third-order valence-corrected chi connectivity index (χ3v) is 3.45. The molecule has 0 saturated carbocycles. The van der Waals surface area contributed by atoms with Crippen molar-refractivity contribution in [2.45, 2.75) is 70.1 Å². The first-order valence-electron chi connectivity index (χ1n) is 6.95. The van der Waals surface area contributed by atoms with Crippen molar-refractivity contribution in [1.29, 1.82) is 0 Å². The van der Waals surface area contributed by atoms with Gasteiger partial charge in [-0.15, -0.1) is 0 Å². The maximum Gasteiger partial charge on any atom is 0.482 e. The maximum atomic E-state index is 12.4. The Hall–Kier alpha value is 0.0900. The fourth-order valence-corrected chi connectivity index (χ4v) is 2.11. The monoisotopic (exact) mass is 368 g/mol. The summed E-state index contributed by atoms with van der Waals surface area (Å²) in [6, 6.07) is 0. The molecule has 0 unspecified atom stereocenters. The van der Waals surface area contributed by atoms with Crippen LogP contribution in [0.4, 0.5) is 22.0 Å². The number of ether oxygens (including phenoxy) is 1. The number of hydrogen-bond donors (Lipinski definition) is 0. The van der Waals surface area contributed by atoms with Crippen LogP contribution in [0.25, 0.3) is 0 Å². The Labute approximate surface area is 125 Å². The SMILES string of the molecule is FC(F)(F)C(F)(F)OCCCCCCCCCCCBr. The van der Waals surface area contributed by atoms with Gasteiger partial charge < -0.3 is 4.74 Å². The van der Waals surface area contributed by atoms with E-state index in [1.54, 1.807) is 0 Å². The Balaban J connectivity index is 3.33. The van der Waals surface area contributed by atoms with E-state index in [2.05, 4.69) is 20.7 Å². The molecule has 0 aromatic rings. The first kappa shape index (κ1) is 20.1. The summed E-state index contributed by atoms with van der Waals surface area (Å²) in [4.78, 5) is 0. The maximum absolute atomic E-state index is 12.4. The van der Waals surface area contributed by atoms with E-state index < -0.39 is 18.9 Å². The standard InChI is InChI=1S/C13H22BrF5O/c14-10-8-6-4-2-1-3-5-7-9-11-20-13(18,19)12(15,16)17/h1-11H2. The second kappa shape index (κ2) is 10.8. The molecule has 0 saturated heterocycles. The highest BCUT2D eigenvalue weighted by molar-refractivity contribution is 9.09. The topological polar surface area (TPSA) is 9.23 Å². The molecule has 0 aromatic heterocycles. The van der Waals surface area contributed by atoms with Crippen LogP contribution in [0.3, 0.4) is 0 Å². The summed E-state index contributed by atoms with van der Waals surface area (Å²) in [5.74, 6) is 0. The lowest BCUT2D eigenvalue weighted by Crippen LogP contribution is -2.39. The van der Waals surface area contributed by atoms with Gasteiger partial charge in [-0.25, -0.2) is 0 Å². The lowest BCUT2D eigenvalue weighted by molar-refractivity contribution is -0.391. The number of halogens is 6. The number of alkyl halides is 6. The largest absolute Gasteiger partial charge is 0.482 e. The van der Waals surface area contributed by atoms with Gasteiger partial charge in [0.2, 0.25) is 0 Å². The highest BCUT2D eigenvalue weighted by Gasteiger charge is 2.59. The second-order valence-corrected chi connectivity index (χ2v) is 5.53. The molecule has 0 aliphatic carbocycles. The van der Waals surface area contributed by atoms with Crippen LogP contribution in [0.5, 0.6) is 0 Å². The summed E-state index contributed by atoms with van der Waals surface area (Å²) in [6.45, 7) is -0.558. The molecule has 0 atom stereocenters. The minimum Gasteiger partial charge on any atom is -0.313 e. The van der Waals surface area contributed by atoms with Crippen LogP contribution in [0.1, 0.15) is 57.8 Å². The van der Waals surface area contributed by atoms with Gasteiger partial charge in [0.25, 0.3) is 0 Å². The molecule has 0 spiro atoms. The summed E-state index contributed by atoms with van der Waals surface area (Å²) in [5.41, 5.74) is 0. The van der Waals surface area contributed by atoms with E-state index in [0.717, 1.165) is 31.0 Å². The van der Waals surface area contributed by atoms with Gasteiger partial charge in [0, 0.05) is 5.33 Å². The molecular weight excluding hydrogens is 347 g/mol. The van der Waals surface area contributed by atoms with Crippen molar-refractivity contribution in [2.75, 3.05) is 11.9 Å². The molecule has 0 heterocycles. The van der Waals surface area contributed by atoms with Crippen molar-refractivity contribution in [3.8, 4) is 0 Å². The molecule has 0 N–H and O–H groups in total. The first-order valence-corrected chi connectivity index (χ1v) is 8.08. The lowest BCUT2D eigenvalue weighted by Gasteiger charge is -2.19. The molecule has 7 heteroatoms. The molecule has 0 rings (SSSR count). The molecule has 122 valence electrons. The van der Waals surface area contributed by atoms with Crippen LogP contribution in [0.2, 0.25) is 0 Å². The molecule has 1 nitrogen and oxygen atoms in total. The quantitative estimate of drug-likeness (QED) is 0.231. The molecule has 20 heavy (non-hydrogen) atoms. The number of rotatable bonds is 12. The van der Waals surface area contributed by atoms with Gasteiger partial charge in [-0.3, -0.25) is 0 Å². The smallest absolute Gasteiger partial charge is 0.313 e. The first-order chi connectivity index (χ1) is 9.31. The van der Waals surface area contributed by atoms with Crippen LogP contribution < -0.4 is 0 Å². The molecule has 0 amide bonds. The minimum atomic E-state index is -5.62. The fraction of sp³-hybridized carbons (Fsp3) is 1.00. The average molecular weight is 369 g/mol. The van der Waals surface area contributed by atoms with E-state index in [4.69, 9.17) is 0 Å². The third kappa shape index (κ3) is 9.91. The molecule has 0 fully saturated rings. The summed E-state index contributed by atoms with van der Waals surface area (Å²) < 4.78 is 63.6. The van der Waals surface area contributed by atoms with Crippen LogP contribution in [-0.2, 0) is 4.74 Å². The Bertz CT molecular complexity index is 233. The predicted molar refractivity (Wildman–Crippen MR) is 72.3 cm³/mol. The number of hydrogen-bond acceptors (Lipinski definition) is 1. The van der Waals surface area contributed by atoms with Gasteiger partial charge in [0.1, 0.15) is 0 Å². The van der Waals surface area contributed by atoms with Crippen molar-refractivity contribution in [1.82, 2.24) is 0 Å². The van der Waals surface area contributed by atoms with E-state index >= 15 is 0 Å². The fourth-order valence-electron chi connectivity index (χ4n) is 1.72. The zero-order valence-electron chi connectivity index (χ0n) is 11.5. The molecule has 0 bridgehead atoms. The van der Waals surface area contributed by atoms with Crippen molar-refractivity contribution >= 4 is 15.9 Å². The second-order valence-electron chi connectivity index (χ2n) is 4.73. The zero-order valence-corrected chi connectivity index (χ0v) is 13.0. The normalized spacial score (nSPS) is 12.9. The van der Waals surface area contributed by atoms with Gasteiger partial charge >= 0.3 is 12.3 Å². The summed E-state index contributed by atoms with van der Waals surface area (Å²) >= 11 is 3.36. The Morgan fingerprint density at radius 3 is 1.45 bits per heavy atom. The highest BCUT2D eigenvalue weighted by atomic mass is 79.9. The van der Waals surface area contributed by atoms with Crippen molar-refractivity contribution in [3.05, 3.63) is 0 Å². The third-order valence-electron chi connectivity index (χ3n) is 2.89. The molecule has 0 aromatic carbocycles. The molecule has 0 aliphatic rings. The van der Waals surface area contributed by atoms with Gasteiger partial charge in [-0.1, -0.05) is 60.9 Å². The number of unbranched alkanes of at least 4 members (excludes halogenated alkanes) is 8. The van der Waals surface area contributed by atoms with Gasteiger partial charge in [0.05, 0.1) is 6.61 Å². The van der Waals surface area contributed by atoms with E-state index in [-0.39, 0.29) is 6.42 Å². The highest BCUT2D eigenvalue weighted by Crippen LogP contribution is 2.36. The van der Waals surface area contributed by atoms with Crippen molar-refractivity contribution in [2.24, 2.45) is 0 Å². The van der Waals surface area contributed by atoms with Crippen LogP contribution in [0.15, 0.2) is 0 Å². The lowest BCUT2D eigenvalue weighted by atomic mass is 10.1. The Kier molecular flexibility index (Phi) is 10.8. The van der Waals surface area contributed by atoms with Crippen LogP contribution in [-0.4, -0.2) is 24.2 Å². The van der Waals surface area contributed by atoms with Crippen molar-refractivity contribution < 1.29 is 26.7 Å². The summed E-state index contributed by atoms with van der Waals surface area (Å²) in [7, 11) is 0. The van der Waals surface area contributed by atoms with E-state index in [1.807, 2.05) is 0 Å². The minimum absolute atomic E-state index is 0.231. The van der Waals surface area contributed by atoms with E-state index in [0.29, 0.717) is 6.42 Å². The molecular formula is C13H22BrF5O. The van der Waals surface area contributed by atoms with Gasteiger partial charge in [0.15, 0.2) is 0 Å².